The topological polar surface area (TPSA) is 47.1 Å². The number of amides is 2. The summed E-state index contributed by atoms with van der Waals surface area (Å²) in [5, 5.41) is 0. The van der Waals surface area contributed by atoms with Gasteiger partial charge in [0.15, 0.2) is 0 Å². The second-order valence-electron chi connectivity index (χ2n) is 8.42. The first kappa shape index (κ1) is 20.6. The largest absolute Gasteiger partial charge is 0.343 e. The summed E-state index contributed by atoms with van der Waals surface area (Å²) in [5.74, 6) is 0.672. The Bertz CT molecular complexity index is 431. The molecule has 0 bridgehead atoms. The van der Waals surface area contributed by atoms with Crippen molar-refractivity contribution in [3.8, 4) is 0 Å². The van der Waals surface area contributed by atoms with E-state index in [0.717, 1.165) is 71.9 Å². The molecule has 0 aliphatic carbocycles. The average molecular weight is 379 g/mol. The Labute approximate surface area is 164 Å². The number of carbonyl (C=O) groups excluding carboxylic acids is 2. The molecule has 3 saturated heterocycles. The number of likely N-dealkylation sites (tertiary alicyclic amines) is 2. The Kier molecular flexibility index (Phi) is 8.39. The first-order valence-electron chi connectivity index (χ1n) is 11.2. The van der Waals surface area contributed by atoms with Gasteiger partial charge in [-0.25, -0.2) is 0 Å². The van der Waals surface area contributed by atoms with Gasteiger partial charge in [0, 0.05) is 65.2 Å². The average Bonchev–Trinajstić information content (AvgIpc) is 2.96. The summed E-state index contributed by atoms with van der Waals surface area (Å²) in [4.78, 5) is 33.7. The van der Waals surface area contributed by atoms with Crippen molar-refractivity contribution in [3.05, 3.63) is 0 Å². The summed E-state index contributed by atoms with van der Waals surface area (Å²) in [6.45, 7) is 9.78. The van der Waals surface area contributed by atoms with Crippen LogP contribution in [0.25, 0.3) is 0 Å². The van der Waals surface area contributed by atoms with Gasteiger partial charge in [-0.05, 0) is 58.0 Å². The van der Waals surface area contributed by atoms with Crippen LogP contribution in [-0.4, -0.2) is 96.9 Å². The molecule has 6 nitrogen and oxygen atoms in total. The van der Waals surface area contributed by atoms with Gasteiger partial charge in [-0.15, -0.1) is 0 Å². The minimum atomic E-state index is 0.336. The lowest BCUT2D eigenvalue weighted by atomic mass is 10.1. The van der Waals surface area contributed by atoms with Crippen molar-refractivity contribution in [2.24, 2.45) is 0 Å². The van der Waals surface area contributed by atoms with E-state index in [4.69, 9.17) is 0 Å². The number of rotatable bonds is 6. The maximum Gasteiger partial charge on any atom is 0.223 e. The van der Waals surface area contributed by atoms with Gasteiger partial charge in [0.2, 0.25) is 11.8 Å². The zero-order chi connectivity index (χ0) is 18.9. The Morgan fingerprint density at radius 1 is 0.481 bits per heavy atom. The van der Waals surface area contributed by atoms with Gasteiger partial charge < -0.3 is 19.6 Å². The highest BCUT2D eigenvalue weighted by molar-refractivity contribution is 5.76. The summed E-state index contributed by atoms with van der Waals surface area (Å²) < 4.78 is 0. The molecular formula is C21H38N4O2. The molecule has 0 aromatic carbocycles. The fourth-order valence-corrected chi connectivity index (χ4v) is 4.58. The molecule has 3 heterocycles. The van der Waals surface area contributed by atoms with E-state index in [1.54, 1.807) is 0 Å². The van der Waals surface area contributed by atoms with Crippen LogP contribution in [0.1, 0.15) is 57.8 Å². The Balaban J connectivity index is 1.32. The Hall–Kier alpha value is -1.14. The molecule has 3 aliphatic rings. The van der Waals surface area contributed by atoms with E-state index in [0.29, 0.717) is 24.7 Å². The molecule has 2 amide bonds. The molecule has 6 heteroatoms. The molecule has 0 saturated carbocycles. The summed E-state index contributed by atoms with van der Waals surface area (Å²) in [6, 6.07) is 0. The highest BCUT2D eigenvalue weighted by Gasteiger charge is 2.21. The molecule has 0 atom stereocenters. The molecule has 3 rings (SSSR count). The van der Waals surface area contributed by atoms with Gasteiger partial charge in [-0.3, -0.25) is 9.59 Å². The van der Waals surface area contributed by atoms with E-state index in [1.807, 2.05) is 0 Å². The van der Waals surface area contributed by atoms with E-state index < -0.39 is 0 Å². The van der Waals surface area contributed by atoms with Crippen LogP contribution in [-0.2, 0) is 9.59 Å². The van der Waals surface area contributed by atoms with Gasteiger partial charge in [0.05, 0.1) is 0 Å². The second-order valence-corrected chi connectivity index (χ2v) is 8.42. The van der Waals surface area contributed by atoms with Crippen LogP contribution in [0.15, 0.2) is 0 Å². The van der Waals surface area contributed by atoms with Crippen molar-refractivity contribution in [3.63, 3.8) is 0 Å². The second kappa shape index (κ2) is 11.0. The zero-order valence-corrected chi connectivity index (χ0v) is 17.0. The molecular weight excluding hydrogens is 340 g/mol. The van der Waals surface area contributed by atoms with Crippen molar-refractivity contribution in [2.45, 2.75) is 57.8 Å². The van der Waals surface area contributed by atoms with E-state index in [9.17, 15) is 9.59 Å². The molecule has 3 aliphatic heterocycles. The molecule has 0 aromatic rings. The quantitative estimate of drug-likeness (QED) is 0.707. The Morgan fingerprint density at radius 3 is 1.30 bits per heavy atom. The molecule has 0 N–H and O–H groups in total. The normalized spacial score (nSPS) is 23.3. The number of hydrogen-bond donors (Lipinski definition) is 0. The van der Waals surface area contributed by atoms with Crippen molar-refractivity contribution >= 4 is 11.8 Å². The summed E-state index contributed by atoms with van der Waals surface area (Å²) in [6.07, 6.45) is 9.66. The van der Waals surface area contributed by atoms with Crippen molar-refractivity contribution < 1.29 is 9.59 Å². The van der Waals surface area contributed by atoms with Crippen molar-refractivity contribution in [2.75, 3.05) is 65.4 Å². The van der Waals surface area contributed by atoms with Gasteiger partial charge in [-0.1, -0.05) is 0 Å². The molecule has 154 valence electrons. The summed E-state index contributed by atoms with van der Waals surface area (Å²) >= 11 is 0. The van der Waals surface area contributed by atoms with Gasteiger partial charge in [-0.2, -0.15) is 0 Å². The third-order valence-electron chi connectivity index (χ3n) is 6.38. The lowest BCUT2D eigenvalue weighted by molar-refractivity contribution is -0.133. The summed E-state index contributed by atoms with van der Waals surface area (Å²) in [5.41, 5.74) is 0. The number of hydrogen-bond acceptors (Lipinski definition) is 4. The van der Waals surface area contributed by atoms with E-state index in [-0.39, 0.29) is 0 Å². The van der Waals surface area contributed by atoms with E-state index in [2.05, 4.69) is 19.6 Å². The number of carbonyl (C=O) groups is 2. The highest BCUT2D eigenvalue weighted by Crippen LogP contribution is 2.12. The third-order valence-corrected chi connectivity index (χ3v) is 6.38. The van der Waals surface area contributed by atoms with Crippen LogP contribution in [0.2, 0.25) is 0 Å². The maximum absolute atomic E-state index is 12.4. The van der Waals surface area contributed by atoms with Gasteiger partial charge >= 0.3 is 0 Å². The van der Waals surface area contributed by atoms with Gasteiger partial charge in [0.25, 0.3) is 0 Å². The van der Waals surface area contributed by atoms with Crippen LogP contribution in [0, 0.1) is 0 Å². The lowest BCUT2D eigenvalue weighted by Crippen LogP contribution is -2.39. The monoisotopic (exact) mass is 378 g/mol. The SMILES string of the molecule is O=C(CCN1CCCN(CCC(=O)N2CCCCC2)CC1)N1CCCCC1. The zero-order valence-electron chi connectivity index (χ0n) is 17.0. The number of piperidine rings is 2. The fraction of sp³-hybridized carbons (Fsp3) is 0.905. The smallest absolute Gasteiger partial charge is 0.223 e. The van der Waals surface area contributed by atoms with Gasteiger partial charge in [0.1, 0.15) is 0 Å². The van der Waals surface area contributed by atoms with Crippen molar-refractivity contribution in [1.29, 1.82) is 0 Å². The van der Waals surface area contributed by atoms with E-state index in [1.165, 1.54) is 38.5 Å². The van der Waals surface area contributed by atoms with Crippen LogP contribution in [0.4, 0.5) is 0 Å². The molecule has 0 aromatic heterocycles. The van der Waals surface area contributed by atoms with Crippen LogP contribution in [0.3, 0.4) is 0 Å². The fourth-order valence-electron chi connectivity index (χ4n) is 4.58. The summed E-state index contributed by atoms with van der Waals surface area (Å²) in [7, 11) is 0. The first-order valence-corrected chi connectivity index (χ1v) is 11.2. The standard InChI is InChI=1S/C21H38N4O2/c26-20(24-12-3-1-4-13-24)8-16-22-10-7-11-23(19-18-22)17-9-21(27)25-14-5-2-6-15-25/h1-19H2. The molecule has 3 fully saturated rings. The van der Waals surface area contributed by atoms with E-state index >= 15 is 0 Å². The third kappa shape index (κ3) is 6.75. The van der Waals surface area contributed by atoms with Crippen LogP contribution >= 0.6 is 0 Å². The molecule has 0 radical (unpaired) electrons. The lowest BCUT2D eigenvalue weighted by Gasteiger charge is -2.28. The Morgan fingerprint density at radius 2 is 0.889 bits per heavy atom. The maximum atomic E-state index is 12.4. The first-order chi connectivity index (χ1) is 13.2. The highest BCUT2D eigenvalue weighted by atomic mass is 16.2. The predicted molar refractivity (Wildman–Crippen MR) is 108 cm³/mol. The molecule has 0 spiro atoms. The minimum absolute atomic E-state index is 0.336. The molecule has 27 heavy (non-hydrogen) atoms. The number of nitrogens with zero attached hydrogens (tertiary/aromatic N) is 4. The minimum Gasteiger partial charge on any atom is -0.343 e. The van der Waals surface area contributed by atoms with Crippen LogP contribution in [0.5, 0.6) is 0 Å². The molecule has 0 unspecified atom stereocenters. The predicted octanol–water partition coefficient (Wildman–Crippen LogP) is 1.80. The van der Waals surface area contributed by atoms with Crippen LogP contribution < -0.4 is 0 Å². The van der Waals surface area contributed by atoms with Crippen molar-refractivity contribution in [1.82, 2.24) is 19.6 Å².